The van der Waals surface area contributed by atoms with E-state index in [1.807, 2.05) is 66.7 Å². The SMILES string of the molecule is CCOC(=O)N1SC(c2ccccc2)=CC(c2ccccc2)N1C(=O)OCC. The largest absolute Gasteiger partial charge is 0.448 e. The molecule has 2 aromatic rings. The van der Waals surface area contributed by atoms with Gasteiger partial charge in [0.15, 0.2) is 0 Å². The summed E-state index contributed by atoms with van der Waals surface area (Å²) in [5.41, 5.74) is 1.81. The maximum atomic E-state index is 12.8. The second-order valence-corrected chi connectivity index (χ2v) is 6.83. The topological polar surface area (TPSA) is 59.1 Å². The van der Waals surface area contributed by atoms with Crippen molar-refractivity contribution in [3.63, 3.8) is 0 Å². The van der Waals surface area contributed by atoms with Crippen molar-refractivity contribution in [1.29, 1.82) is 0 Å². The summed E-state index contributed by atoms with van der Waals surface area (Å²) in [6, 6.07) is 18.7. The lowest BCUT2D eigenvalue weighted by Crippen LogP contribution is -2.49. The summed E-state index contributed by atoms with van der Waals surface area (Å²) in [4.78, 5) is 26.3. The van der Waals surface area contributed by atoms with Crippen molar-refractivity contribution in [1.82, 2.24) is 9.42 Å². The third kappa shape index (κ3) is 4.31. The average Bonchev–Trinajstić information content (AvgIpc) is 2.74. The molecule has 0 radical (unpaired) electrons. The first kappa shape index (κ1) is 19.8. The van der Waals surface area contributed by atoms with E-state index in [4.69, 9.17) is 9.47 Å². The molecule has 0 saturated carbocycles. The summed E-state index contributed by atoms with van der Waals surface area (Å²) in [6.07, 6.45) is 0.727. The zero-order valence-corrected chi connectivity index (χ0v) is 16.6. The maximum absolute atomic E-state index is 12.8. The lowest BCUT2D eigenvalue weighted by atomic mass is 10.0. The van der Waals surface area contributed by atoms with Gasteiger partial charge in [0.05, 0.1) is 13.2 Å². The van der Waals surface area contributed by atoms with E-state index in [0.717, 1.165) is 28.0 Å². The second-order valence-electron chi connectivity index (χ2n) is 5.86. The van der Waals surface area contributed by atoms with Gasteiger partial charge in [-0.05, 0) is 31.1 Å². The van der Waals surface area contributed by atoms with Crippen LogP contribution in [0.25, 0.3) is 4.91 Å². The van der Waals surface area contributed by atoms with Gasteiger partial charge in [0.25, 0.3) is 0 Å². The number of rotatable bonds is 4. The molecule has 7 heteroatoms. The second kappa shape index (κ2) is 9.32. The highest BCUT2D eigenvalue weighted by molar-refractivity contribution is 8.06. The van der Waals surface area contributed by atoms with Gasteiger partial charge in [-0.1, -0.05) is 60.7 Å². The van der Waals surface area contributed by atoms with Crippen molar-refractivity contribution in [3.05, 3.63) is 77.9 Å². The molecule has 0 fully saturated rings. The summed E-state index contributed by atoms with van der Waals surface area (Å²) in [5.74, 6) is 0. The molecular formula is C21H22N2O4S. The van der Waals surface area contributed by atoms with Crippen molar-refractivity contribution in [3.8, 4) is 0 Å². The Bertz CT molecular complexity index is 842. The molecule has 1 atom stereocenters. The Labute approximate surface area is 168 Å². The molecule has 0 aromatic heterocycles. The minimum atomic E-state index is -0.622. The van der Waals surface area contributed by atoms with E-state index in [1.54, 1.807) is 13.8 Å². The number of carbonyl (C=O) groups excluding carboxylic acids is 2. The third-order valence-electron chi connectivity index (χ3n) is 4.03. The summed E-state index contributed by atoms with van der Waals surface area (Å²) >= 11 is 1.14. The monoisotopic (exact) mass is 398 g/mol. The predicted molar refractivity (Wildman–Crippen MR) is 109 cm³/mol. The first-order chi connectivity index (χ1) is 13.7. The van der Waals surface area contributed by atoms with Crippen molar-refractivity contribution >= 4 is 29.0 Å². The van der Waals surface area contributed by atoms with Crippen molar-refractivity contribution in [2.24, 2.45) is 0 Å². The minimum Gasteiger partial charge on any atom is -0.448 e. The van der Waals surface area contributed by atoms with E-state index < -0.39 is 18.2 Å². The van der Waals surface area contributed by atoms with Crippen LogP contribution >= 0.6 is 11.9 Å². The van der Waals surface area contributed by atoms with Gasteiger partial charge in [-0.3, -0.25) is 0 Å². The Morgan fingerprint density at radius 2 is 1.46 bits per heavy atom. The first-order valence-corrected chi connectivity index (χ1v) is 9.86. The number of hydrogen-bond donors (Lipinski definition) is 0. The van der Waals surface area contributed by atoms with Gasteiger partial charge in [-0.25, -0.2) is 9.59 Å². The van der Waals surface area contributed by atoms with Crippen molar-refractivity contribution in [2.45, 2.75) is 19.9 Å². The van der Waals surface area contributed by atoms with E-state index in [0.29, 0.717) is 0 Å². The summed E-state index contributed by atoms with van der Waals surface area (Å²) in [6.45, 7) is 3.86. The fourth-order valence-corrected chi connectivity index (χ4v) is 3.82. The zero-order valence-electron chi connectivity index (χ0n) is 15.8. The van der Waals surface area contributed by atoms with E-state index in [-0.39, 0.29) is 13.2 Å². The quantitative estimate of drug-likeness (QED) is 0.657. The smallest absolute Gasteiger partial charge is 0.440 e. The summed E-state index contributed by atoms with van der Waals surface area (Å²) < 4.78 is 11.7. The van der Waals surface area contributed by atoms with Crippen LogP contribution in [-0.2, 0) is 9.47 Å². The predicted octanol–water partition coefficient (Wildman–Crippen LogP) is 5.26. The number of benzene rings is 2. The Kier molecular flexibility index (Phi) is 6.60. The Balaban J connectivity index is 2.10. The molecule has 1 unspecified atom stereocenters. The van der Waals surface area contributed by atoms with Gasteiger partial charge < -0.3 is 9.47 Å². The number of hydrazine groups is 1. The maximum Gasteiger partial charge on any atom is 0.440 e. The van der Waals surface area contributed by atoms with Gasteiger partial charge >= 0.3 is 12.2 Å². The zero-order chi connectivity index (χ0) is 19.9. The first-order valence-electron chi connectivity index (χ1n) is 9.08. The number of nitrogens with zero attached hydrogens (tertiary/aromatic N) is 2. The molecule has 3 rings (SSSR count). The Hall–Kier alpha value is -2.93. The summed E-state index contributed by atoms with van der Waals surface area (Å²) in [5, 5.41) is 1.30. The number of carbonyl (C=O) groups is 2. The molecule has 0 bridgehead atoms. The molecule has 1 aliphatic rings. The molecule has 28 heavy (non-hydrogen) atoms. The van der Waals surface area contributed by atoms with Crippen LogP contribution in [0, 0.1) is 0 Å². The highest BCUT2D eigenvalue weighted by atomic mass is 32.2. The number of ether oxygens (including phenoxy) is 2. The van der Waals surface area contributed by atoms with Crippen LogP contribution in [0.2, 0.25) is 0 Å². The van der Waals surface area contributed by atoms with Gasteiger partial charge in [-0.15, -0.1) is 4.41 Å². The van der Waals surface area contributed by atoms with Crippen LogP contribution in [0.5, 0.6) is 0 Å². The van der Waals surface area contributed by atoms with Gasteiger partial charge in [-0.2, -0.15) is 5.01 Å². The van der Waals surface area contributed by atoms with Gasteiger partial charge in [0.2, 0.25) is 0 Å². The lowest BCUT2D eigenvalue weighted by molar-refractivity contribution is 0.0158. The minimum absolute atomic E-state index is 0.201. The Morgan fingerprint density at radius 3 is 2.07 bits per heavy atom. The molecule has 2 aromatic carbocycles. The normalized spacial score (nSPS) is 16.4. The molecule has 0 aliphatic carbocycles. The van der Waals surface area contributed by atoms with Crippen LogP contribution in [-0.4, -0.2) is 34.8 Å². The molecule has 2 amide bonds. The van der Waals surface area contributed by atoms with E-state index in [9.17, 15) is 9.59 Å². The molecule has 0 saturated heterocycles. The number of hydrogen-bond acceptors (Lipinski definition) is 5. The third-order valence-corrected chi connectivity index (χ3v) is 5.10. The molecule has 6 nitrogen and oxygen atoms in total. The molecule has 0 spiro atoms. The number of amides is 2. The standard InChI is InChI=1S/C21H22N2O4S/c1-3-26-20(24)22-18(16-11-7-5-8-12-16)15-19(17-13-9-6-10-14-17)28-23(22)21(25)27-4-2/h5-15,18H,3-4H2,1-2H3. The molecule has 0 N–H and O–H groups in total. The molecular weight excluding hydrogens is 376 g/mol. The van der Waals surface area contributed by atoms with Crippen molar-refractivity contribution < 1.29 is 19.1 Å². The molecule has 1 heterocycles. The van der Waals surface area contributed by atoms with Crippen molar-refractivity contribution in [2.75, 3.05) is 13.2 Å². The fourth-order valence-electron chi connectivity index (χ4n) is 2.81. The fraction of sp³-hybridized carbons (Fsp3) is 0.238. The van der Waals surface area contributed by atoms with E-state index in [1.165, 1.54) is 9.42 Å². The molecule has 1 aliphatic heterocycles. The van der Waals surface area contributed by atoms with Gasteiger partial charge in [0.1, 0.15) is 6.04 Å². The lowest BCUT2D eigenvalue weighted by Gasteiger charge is -2.40. The van der Waals surface area contributed by atoms with Crippen LogP contribution in [0.4, 0.5) is 9.59 Å². The highest BCUT2D eigenvalue weighted by Gasteiger charge is 2.39. The van der Waals surface area contributed by atoms with Crippen LogP contribution in [0.1, 0.15) is 31.0 Å². The van der Waals surface area contributed by atoms with E-state index in [2.05, 4.69) is 0 Å². The Morgan fingerprint density at radius 1 is 0.893 bits per heavy atom. The molecule has 146 valence electrons. The van der Waals surface area contributed by atoms with Crippen LogP contribution in [0.3, 0.4) is 0 Å². The van der Waals surface area contributed by atoms with Crippen LogP contribution < -0.4 is 0 Å². The average molecular weight is 398 g/mol. The van der Waals surface area contributed by atoms with Gasteiger partial charge in [0, 0.05) is 16.9 Å². The highest BCUT2D eigenvalue weighted by Crippen LogP contribution is 2.43. The van der Waals surface area contributed by atoms with E-state index >= 15 is 0 Å². The van der Waals surface area contributed by atoms with Crippen LogP contribution in [0.15, 0.2) is 66.7 Å². The summed E-state index contributed by atoms with van der Waals surface area (Å²) in [7, 11) is 0.